The second kappa shape index (κ2) is 6.02. The minimum Gasteiger partial charge on any atom is -0.467 e. The Labute approximate surface area is 120 Å². The number of nitrogens with one attached hydrogen (secondary N) is 1. The number of aromatic nitrogens is 2. The fourth-order valence-corrected chi connectivity index (χ4v) is 2.47. The number of ether oxygens (including phenoxy) is 1. The summed E-state index contributed by atoms with van der Waals surface area (Å²) in [5, 5.41) is 7.41. The number of hydrogen-bond acceptors (Lipinski definition) is 3. The Morgan fingerprint density at radius 3 is 3.00 bits per heavy atom. The minimum absolute atomic E-state index is 0.0959. The lowest BCUT2D eigenvalue weighted by molar-refractivity contribution is -0.129. The third-order valence-electron chi connectivity index (χ3n) is 3.05. The van der Waals surface area contributed by atoms with E-state index in [0.29, 0.717) is 13.1 Å². The number of aromatic amines is 1. The molecule has 5 heteroatoms. The molecule has 0 amide bonds. The van der Waals surface area contributed by atoms with Crippen LogP contribution in [0.1, 0.15) is 24.1 Å². The fourth-order valence-electron chi connectivity index (χ4n) is 2.07. The van der Waals surface area contributed by atoms with Gasteiger partial charge in [-0.15, -0.1) is 0 Å². The van der Waals surface area contributed by atoms with Crippen molar-refractivity contribution in [1.82, 2.24) is 10.2 Å². The maximum atomic E-state index is 10.2. The first-order valence-corrected chi connectivity index (χ1v) is 6.78. The molecule has 0 fully saturated rings. The Balaban J connectivity index is 2.30. The van der Waals surface area contributed by atoms with E-state index in [9.17, 15) is 4.79 Å². The Morgan fingerprint density at radius 1 is 1.53 bits per heavy atom. The van der Waals surface area contributed by atoms with Crippen LogP contribution in [0.3, 0.4) is 0 Å². The number of halogens is 1. The number of rotatable bonds is 5. The molecule has 0 aliphatic rings. The predicted octanol–water partition coefficient (Wildman–Crippen LogP) is 3.42. The molecule has 0 saturated carbocycles. The molecule has 2 aromatic rings. The monoisotopic (exact) mass is 322 g/mol. The summed E-state index contributed by atoms with van der Waals surface area (Å²) in [5.41, 5.74) is 4.06. The highest BCUT2D eigenvalue weighted by Gasteiger charge is 2.16. The van der Waals surface area contributed by atoms with Crippen molar-refractivity contribution in [3.63, 3.8) is 0 Å². The summed E-state index contributed by atoms with van der Waals surface area (Å²) in [7, 11) is 0. The van der Waals surface area contributed by atoms with E-state index < -0.39 is 0 Å². The van der Waals surface area contributed by atoms with Crippen molar-refractivity contribution in [2.75, 3.05) is 6.61 Å². The molecule has 0 aliphatic carbocycles. The van der Waals surface area contributed by atoms with E-state index in [4.69, 9.17) is 4.74 Å². The van der Waals surface area contributed by atoms with Gasteiger partial charge in [0.15, 0.2) is 0 Å². The molecule has 100 valence electrons. The van der Waals surface area contributed by atoms with Crippen molar-refractivity contribution in [3.8, 4) is 11.3 Å². The molecule has 1 aromatic heterocycles. The van der Waals surface area contributed by atoms with E-state index >= 15 is 0 Å². The van der Waals surface area contributed by atoms with Crippen LogP contribution in [-0.4, -0.2) is 23.3 Å². The third kappa shape index (κ3) is 3.04. The van der Waals surface area contributed by atoms with Crippen LogP contribution in [0.5, 0.6) is 0 Å². The lowest BCUT2D eigenvalue weighted by Crippen LogP contribution is -2.05. The molecule has 1 heterocycles. The van der Waals surface area contributed by atoms with E-state index in [1.54, 1.807) is 0 Å². The predicted molar refractivity (Wildman–Crippen MR) is 76.9 cm³/mol. The molecular formula is C14H15BrN2O2. The van der Waals surface area contributed by atoms with E-state index in [1.807, 2.05) is 38.1 Å². The van der Waals surface area contributed by atoms with Gasteiger partial charge in [-0.25, -0.2) is 0 Å². The van der Waals surface area contributed by atoms with Gasteiger partial charge in [-0.1, -0.05) is 35.0 Å². The highest BCUT2D eigenvalue weighted by atomic mass is 79.9. The van der Waals surface area contributed by atoms with Crippen LogP contribution in [0.25, 0.3) is 11.3 Å². The molecule has 0 spiro atoms. The van der Waals surface area contributed by atoms with E-state index in [2.05, 4.69) is 26.1 Å². The van der Waals surface area contributed by atoms with Gasteiger partial charge in [0.2, 0.25) is 0 Å². The second-order valence-electron chi connectivity index (χ2n) is 4.45. The first-order valence-electron chi connectivity index (χ1n) is 5.99. The Kier molecular flexibility index (Phi) is 4.37. The number of carbonyl (C=O) groups is 1. The van der Waals surface area contributed by atoms with Crippen molar-refractivity contribution in [2.45, 2.75) is 19.8 Å². The summed E-state index contributed by atoms with van der Waals surface area (Å²) in [4.78, 5) is 10.2. The highest BCUT2D eigenvalue weighted by Crippen LogP contribution is 2.28. The highest BCUT2D eigenvalue weighted by molar-refractivity contribution is 9.10. The van der Waals surface area contributed by atoms with Crippen LogP contribution < -0.4 is 0 Å². The van der Waals surface area contributed by atoms with Crippen LogP contribution >= 0.6 is 15.9 Å². The molecule has 1 unspecified atom stereocenters. The van der Waals surface area contributed by atoms with Crippen LogP contribution in [-0.2, 0) is 9.53 Å². The lowest BCUT2D eigenvalue weighted by atomic mass is 10.0. The van der Waals surface area contributed by atoms with Gasteiger partial charge >= 0.3 is 0 Å². The van der Waals surface area contributed by atoms with E-state index in [1.165, 1.54) is 0 Å². The zero-order valence-electron chi connectivity index (χ0n) is 10.8. The van der Waals surface area contributed by atoms with Gasteiger partial charge in [-0.3, -0.25) is 9.89 Å². The van der Waals surface area contributed by atoms with Crippen molar-refractivity contribution in [1.29, 1.82) is 0 Å². The largest absolute Gasteiger partial charge is 0.467 e. The molecule has 1 N–H and O–H groups in total. The average molecular weight is 323 g/mol. The SMILES string of the molecule is Cc1c(-c2cccc(Br)c2)n[nH]c1C(C)COC=O. The lowest BCUT2D eigenvalue weighted by Gasteiger charge is -2.09. The molecule has 2 rings (SSSR count). The summed E-state index contributed by atoms with van der Waals surface area (Å²) in [6.45, 7) is 4.84. The van der Waals surface area contributed by atoms with E-state index in [-0.39, 0.29) is 5.92 Å². The molecule has 0 aliphatic heterocycles. The van der Waals surface area contributed by atoms with Gasteiger partial charge in [0.25, 0.3) is 6.47 Å². The van der Waals surface area contributed by atoms with Crippen LogP contribution in [0.2, 0.25) is 0 Å². The van der Waals surface area contributed by atoms with E-state index in [0.717, 1.165) is 27.0 Å². The quantitative estimate of drug-likeness (QED) is 0.858. The van der Waals surface area contributed by atoms with Gasteiger partial charge < -0.3 is 4.74 Å². The summed E-state index contributed by atoms with van der Waals surface area (Å²) in [6, 6.07) is 8.00. The topological polar surface area (TPSA) is 55.0 Å². The number of hydrogen-bond donors (Lipinski definition) is 1. The van der Waals surface area contributed by atoms with Crippen LogP contribution in [0.4, 0.5) is 0 Å². The van der Waals surface area contributed by atoms with Gasteiger partial charge in [0, 0.05) is 21.6 Å². The van der Waals surface area contributed by atoms with Crippen LogP contribution in [0.15, 0.2) is 28.7 Å². The minimum atomic E-state index is 0.0959. The van der Waals surface area contributed by atoms with Crippen molar-refractivity contribution >= 4 is 22.4 Å². The zero-order valence-corrected chi connectivity index (χ0v) is 12.4. The first kappa shape index (κ1) is 13.8. The van der Waals surface area contributed by atoms with Crippen molar-refractivity contribution in [2.24, 2.45) is 0 Å². The Bertz CT molecular complexity index is 581. The van der Waals surface area contributed by atoms with Gasteiger partial charge in [-0.05, 0) is 24.6 Å². The molecule has 1 aromatic carbocycles. The molecule has 0 radical (unpaired) electrons. The molecular weight excluding hydrogens is 308 g/mol. The van der Waals surface area contributed by atoms with Gasteiger partial charge in [0.1, 0.15) is 0 Å². The number of H-pyrrole nitrogens is 1. The smallest absolute Gasteiger partial charge is 0.293 e. The zero-order chi connectivity index (χ0) is 13.8. The van der Waals surface area contributed by atoms with Crippen molar-refractivity contribution in [3.05, 3.63) is 40.0 Å². The molecule has 0 saturated heterocycles. The number of carbonyl (C=O) groups excluding carboxylic acids is 1. The maximum absolute atomic E-state index is 10.2. The maximum Gasteiger partial charge on any atom is 0.293 e. The van der Waals surface area contributed by atoms with Crippen LogP contribution in [0, 0.1) is 6.92 Å². The second-order valence-corrected chi connectivity index (χ2v) is 5.37. The standard InChI is InChI=1S/C14H15BrN2O2/c1-9(7-19-8-18)13-10(2)14(17-16-13)11-4-3-5-12(15)6-11/h3-6,8-9H,7H2,1-2H3,(H,16,17). The Hall–Kier alpha value is -1.62. The third-order valence-corrected chi connectivity index (χ3v) is 3.55. The summed E-state index contributed by atoms with van der Waals surface area (Å²) >= 11 is 3.46. The number of nitrogens with zero attached hydrogens (tertiary/aromatic N) is 1. The summed E-state index contributed by atoms with van der Waals surface area (Å²) < 4.78 is 5.82. The Morgan fingerprint density at radius 2 is 2.32 bits per heavy atom. The average Bonchev–Trinajstić information content (AvgIpc) is 2.78. The summed E-state index contributed by atoms with van der Waals surface area (Å²) in [6.07, 6.45) is 0. The van der Waals surface area contributed by atoms with Gasteiger partial charge in [0.05, 0.1) is 12.3 Å². The fraction of sp³-hybridized carbons (Fsp3) is 0.286. The number of benzene rings is 1. The molecule has 1 atom stereocenters. The molecule has 19 heavy (non-hydrogen) atoms. The van der Waals surface area contributed by atoms with Crippen molar-refractivity contribution < 1.29 is 9.53 Å². The first-order chi connectivity index (χ1) is 9.13. The van der Waals surface area contributed by atoms with Gasteiger partial charge in [-0.2, -0.15) is 5.10 Å². The summed E-state index contributed by atoms with van der Waals surface area (Å²) in [5.74, 6) is 0.0959. The molecule has 4 nitrogen and oxygen atoms in total. The normalized spacial score (nSPS) is 12.2. The molecule has 0 bridgehead atoms.